The molecule has 0 bridgehead atoms. The van der Waals surface area contributed by atoms with Crippen LogP contribution in [0, 0.1) is 13.8 Å². The number of aryl methyl sites for hydroxylation is 1. The molecular weight excluding hydrogens is 364 g/mol. The summed E-state index contributed by atoms with van der Waals surface area (Å²) < 4.78 is 3.29. The predicted octanol–water partition coefficient (Wildman–Crippen LogP) is 3.70. The van der Waals surface area contributed by atoms with E-state index < -0.39 is 0 Å². The molecule has 6 nitrogen and oxygen atoms in total. The van der Waals surface area contributed by atoms with Crippen LogP contribution in [-0.2, 0) is 6.54 Å². The largest absolute Gasteiger partial charge is 0.341 e. The van der Waals surface area contributed by atoms with Crippen molar-refractivity contribution in [2.24, 2.45) is 0 Å². The maximum absolute atomic E-state index is 13.0. The molecule has 0 amide bonds. The van der Waals surface area contributed by atoms with E-state index in [0.29, 0.717) is 16.5 Å². The number of aromatic nitrogens is 4. The van der Waals surface area contributed by atoms with Gasteiger partial charge in [-0.3, -0.25) is 9.59 Å². The van der Waals surface area contributed by atoms with E-state index in [0.717, 1.165) is 16.1 Å². The predicted molar refractivity (Wildman–Crippen MR) is 112 cm³/mol. The molecule has 0 saturated carbocycles. The average Bonchev–Trinajstić information content (AvgIpc) is 3.04. The minimum absolute atomic E-state index is 0.0981. The van der Waals surface area contributed by atoms with Crippen molar-refractivity contribution in [3.8, 4) is 0 Å². The van der Waals surface area contributed by atoms with Crippen molar-refractivity contribution in [2.45, 2.75) is 33.4 Å². The Kier molecular flexibility index (Phi) is 4.84. The van der Waals surface area contributed by atoms with Gasteiger partial charge in [0.2, 0.25) is 0 Å². The summed E-state index contributed by atoms with van der Waals surface area (Å²) in [7, 11) is 0. The molecule has 0 saturated heterocycles. The molecule has 2 heterocycles. The molecule has 2 aromatic carbocycles. The summed E-state index contributed by atoms with van der Waals surface area (Å²) in [5.74, 6) is -0.156. The summed E-state index contributed by atoms with van der Waals surface area (Å²) in [5.41, 5.74) is 3.87. The van der Waals surface area contributed by atoms with Gasteiger partial charge in [0.1, 0.15) is 12.1 Å². The Morgan fingerprint density at radius 2 is 1.72 bits per heavy atom. The molecule has 6 heteroatoms. The Labute approximate surface area is 168 Å². The first-order chi connectivity index (χ1) is 14.0. The number of carbonyl (C=O) groups excluding carboxylic acids is 1. The van der Waals surface area contributed by atoms with Crippen molar-refractivity contribution in [1.29, 1.82) is 0 Å². The monoisotopic (exact) mass is 386 g/mol. The van der Waals surface area contributed by atoms with Crippen LogP contribution in [0.2, 0.25) is 0 Å². The van der Waals surface area contributed by atoms with Crippen LogP contribution >= 0.6 is 0 Å². The van der Waals surface area contributed by atoms with Crippen LogP contribution in [0.3, 0.4) is 0 Å². The fourth-order valence-corrected chi connectivity index (χ4v) is 3.88. The molecule has 0 spiro atoms. The number of Topliss-reactive ketones (excluding diaryl/α,β-unsaturated/α-hetero) is 1. The van der Waals surface area contributed by atoms with Crippen molar-refractivity contribution in [3.63, 3.8) is 0 Å². The number of benzene rings is 2. The molecule has 4 rings (SSSR count). The maximum atomic E-state index is 13.0. The van der Waals surface area contributed by atoms with Gasteiger partial charge in [-0.15, -0.1) is 5.10 Å². The lowest BCUT2D eigenvalue weighted by atomic mass is 10.1. The van der Waals surface area contributed by atoms with Crippen LogP contribution in [0.25, 0.3) is 10.9 Å². The van der Waals surface area contributed by atoms with Gasteiger partial charge in [-0.1, -0.05) is 47.7 Å². The highest BCUT2D eigenvalue weighted by Gasteiger charge is 2.20. The van der Waals surface area contributed by atoms with E-state index in [1.165, 1.54) is 5.56 Å². The number of ketones is 1. The van der Waals surface area contributed by atoms with Crippen LogP contribution in [0.4, 0.5) is 0 Å². The average molecular weight is 386 g/mol. The van der Waals surface area contributed by atoms with Crippen molar-refractivity contribution in [2.75, 3.05) is 0 Å². The second kappa shape index (κ2) is 7.47. The summed E-state index contributed by atoms with van der Waals surface area (Å²) >= 11 is 0. The summed E-state index contributed by atoms with van der Waals surface area (Å²) in [6.45, 7) is 5.91. The third kappa shape index (κ3) is 3.38. The third-order valence-corrected chi connectivity index (χ3v) is 5.38. The smallest absolute Gasteiger partial charge is 0.278 e. The first-order valence-electron chi connectivity index (χ1n) is 9.56. The number of hydrogen-bond acceptors (Lipinski definition) is 4. The Morgan fingerprint density at radius 1 is 1.03 bits per heavy atom. The topological polar surface area (TPSA) is 69.8 Å². The van der Waals surface area contributed by atoms with E-state index in [1.54, 1.807) is 24.3 Å². The van der Waals surface area contributed by atoms with Crippen LogP contribution in [0.15, 0.2) is 65.5 Å². The lowest BCUT2D eigenvalue weighted by Gasteiger charge is -2.19. The molecule has 1 unspecified atom stereocenters. The van der Waals surface area contributed by atoms with Crippen LogP contribution < -0.4 is 5.56 Å². The second-order valence-corrected chi connectivity index (χ2v) is 7.23. The Hall–Kier alpha value is -3.54. The van der Waals surface area contributed by atoms with Gasteiger partial charge in [0, 0.05) is 17.0 Å². The fourth-order valence-electron chi connectivity index (χ4n) is 3.88. The Morgan fingerprint density at radius 3 is 2.48 bits per heavy atom. The highest BCUT2D eigenvalue weighted by Crippen LogP contribution is 2.25. The summed E-state index contributed by atoms with van der Waals surface area (Å²) in [5, 5.41) is 8.45. The van der Waals surface area contributed by atoms with Crippen molar-refractivity contribution >= 4 is 16.7 Å². The molecule has 0 aliphatic rings. The fraction of sp³-hybridized carbons (Fsp3) is 0.217. The van der Waals surface area contributed by atoms with Gasteiger partial charge in [-0.2, -0.15) is 0 Å². The van der Waals surface area contributed by atoms with E-state index in [1.807, 2.05) is 38.1 Å². The van der Waals surface area contributed by atoms with Gasteiger partial charge in [0.15, 0.2) is 5.78 Å². The van der Waals surface area contributed by atoms with Crippen molar-refractivity contribution in [1.82, 2.24) is 19.6 Å². The number of carbonyl (C=O) groups is 1. The van der Waals surface area contributed by atoms with Crippen molar-refractivity contribution < 1.29 is 4.79 Å². The number of rotatable bonds is 5. The van der Waals surface area contributed by atoms with E-state index in [4.69, 9.17) is 0 Å². The molecule has 0 aliphatic heterocycles. The summed E-state index contributed by atoms with van der Waals surface area (Å²) in [4.78, 5) is 25.7. The van der Waals surface area contributed by atoms with Crippen molar-refractivity contribution in [3.05, 3.63) is 93.5 Å². The van der Waals surface area contributed by atoms with Gasteiger partial charge in [0.25, 0.3) is 5.56 Å². The molecule has 0 radical (unpaired) electrons. The van der Waals surface area contributed by atoms with E-state index >= 15 is 0 Å². The minimum atomic E-state index is -0.310. The minimum Gasteiger partial charge on any atom is -0.341 e. The lowest BCUT2D eigenvalue weighted by molar-refractivity contribution is 0.0964. The zero-order valence-corrected chi connectivity index (χ0v) is 16.7. The number of nitrogens with zero attached hydrogens (tertiary/aromatic N) is 4. The molecule has 0 fully saturated rings. The second-order valence-electron chi connectivity index (χ2n) is 7.23. The zero-order chi connectivity index (χ0) is 20.5. The van der Waals surface area contributed by atoms with E-state index in [2.05, 4.69) is 33.9 Å². The molecule has 0 aliphatic carbocycles. The normalized spacial score (nSPS) is 12.2. The standard InChI is InChI=1S/C23H22N4O2/c1-15-13-20(17(3)27(15)16(2)18-9-5-4-6-10-18)22(28)14-26-23(29)19-11-7-8-12-21(19)24-25-26/h4-13,16H,14H2,1-3H3. The summed E-state index contributed by atoms with van der Waals surface area (Å²) in [6, 6.07) is 19.2. The molecule has 146 valence electrons. The molecule has 0 N–H and O–H groups in total. The maximum Gasteiger partial charge on any atom is 0.278 e. The number of hydrogen-bond donors (Lipinski definition) is 0. The third-order valence-electron chi connectivity index (χ3n) is 5.38. The molecular formula is C23H22N4O2. The van der Waals surface area contributed by atoms with Gasteiger partial charge < -0.3 is 4.57 Å². The van der Waals surface area contributed by atoms with Gasteiger partial charge in [0.05, 0.1) is 11.4 Å². The Balaban J connectivity index is 1.67. The molecule has 1 atom stereocenters. The Bertz CT molecular complexity index is 1260. The van der Waals surface area contributed by atoms with E-state index in [-0.39, 0.29) is 23.9 Å². The van der Waals surface area contributed by atoms with Crippen LogP contribution in [0.5, 0.6) is 0 Å². The van der Waals surface area contributed by atoms with E-state index in [9.17, 15) is 9.59 Å². The number of fused-ring (bicyclic) bond motifs is 1. The highest BCUT2D eigenvalue weighted by atomic mass is 16.1. The van der Waals surface area contributed by atoms with Gasteiger partial charge in [-0.25, -0.2) is 4.68 Å². The first-order valence-corrected chi connectivity index (χ1v) is 9.56. The highest BCUT2D eigenvalue weighted by molar-refractivity contribution is 5.97. The first kappa shape index (κ1) is 18.8. The van der Waals surface area contributed by atoms with Crippen LogP contribution in [0.1, 0.15) is 40.3 Å². The zero-order valence-electron chi connectivity index (χ0n) is 16.7. The lowest BCUT2D eigenvalue weighted by Crippen LogP contribution is -2.28. The molecule has 2 aromatic heterocycles. The van der Waals surface area contributed by atoms with Gasteiger partial charge >= 0.3 is 0 Å². The molecule has 4 aromatic rings. The SMILES string of the molecule is Cc1cc(C(=O)Cn2nnc3ccccc3c2=O)c(C)n1C(C)c1ccccc1. The molecule has 29 heavy (non-hydrogen) atoms. The quantitative estimate of drug-likeness (QED) is 0.491. The van der Waals surface area contributed by atoms with Gasteiger partial charge in [-0.05, 0) is 44.5 Å². The van der Waals surface area contributed by atoms with Crippen LogP contribution in [-0.4, -0.2) is 25.3 Å². The summed E-state index contributed by atoms with van der Waals surface area (Å²) in [6.07, 6.45) is 0.